The van der Waals surface area contributed by atoms with E-state index in [0.29, 0.717) is 11.4 Å². The first kappa shape index (κ1) is 15.4. The van der Waals surface area contributed by atoms with Crippen LogP contribution in [-0.4, -0.2) is 12.2 Å². The van der Waals surface area contributed by atoms with E-state index in [9.17, 15) is 5.11 Å². The monoisotopic (exact) mass is 354 g/mol. The van der Waals surface area contributed by atoms with Crippen LogP contribution in [0, 0.1) is 6.92 Å². The molecule has 0 amide bonds. The Kier molecular flexibility index (Phi) is 5.08. The van der Waals surface area contributed by atoms with E-state index in [1.807, 2.05) is 31.2 Å². The first-order valence-electron chi connectivity index (χ1n) is 6.28. The molecule has 0 radical (unpaired) electrons. The highest BCUT2D eigenvalue weighted by atomic mass is 79.9. The molecule has 0 bridgehead atoms. The molecule has 1 N–H and O–H groups in total. The Hall–Kier alpha value is -1.03. The third kappa shape index (κ3) is 3.54. The van der Waals surface area contributed by atoms with Gasteiger partial charge in [0.25, 0.3) is 0 Å². The van der Waals surface area contributed by atoms with Gasteiger partial charge in [0.15, 0.2) is 0 Å². The summed E-state index contributed by atoms with van der Waals surface area (Å²) in [6, 6.07) is 11.3. The molecular formula is C16H16BrClO2. The number of halogens is 2. The molecule has 0 aliphatic heterocycles. The third-order valence-corrected chi connectivity index (χ3v) is 4.12. The SMILES string of the molecule is COc1ccc(C)cc1CC(O)c1cc(Cl)ccc1Br. The van der Waals surface area contributed by atoms with Crippen molar-refractivity contribution in [3.8, 4) is 5.75 Å². The van der Waals surface area contributed by atoms with Gasteiger partial charge >= 0.3 is 0 Å². The van der Waals surface area contributed by atoms with Crippen molar-refractivity contribution in [3.05, 3.63) is 62.6 Å². The Morgan fingerprint density at radius 1 is 1.25 bits per heavy atom. The summed E-state index contributed by atoms with van der Waals surface area (Å²) in [7, 11) is 1.63. The zero-order valence-electron chi connectivity index (χ0n) is 11.4. The first-order chi connectivity index (χ1) is 9.51. The van der Waals surface area contributed by atoms with Gasteiger partial charge in [-0.3, -0.25) is 0 Å². The normalized spacial score (nSPS) is 12.2. The second kappa shape index (κ2) is 6.61. The van der Waals surface area contributed by atoms with E-state index in [0.717, 1.165) is 26.9 Å². The molecule has 0 aromatic heterocycles. The highest BCUT2D eigenvalue weighted by molar-refractivity contribution is 9.10. The Morgan fingerprint density at radius 3 is 2.70 bits per heavy atom. The number of aliphatic hydroxyl groups is 1. The van der Waals surface area contributed by atoms with Gasteiger partial charge in [-0.25, -0.2) is 0 Å². The largest absolute Gasteiger partial charge is 0.496 e. The molecular weight excluding hydrogens is 340 g/mol. The molecule has 0 saturated carbocycles. The van der Waals surface area contributed by atoms with Gasteiger partial charge in [0.1, 0.15) is 5.75 Å². The number of aryl methyl sites for hydroxylation is 1. The lowest BCUT2D eigenvalue weighted by molar-refractivity contribution is 0.176. The first-order valence-corrected chi connectivity index (χ1v) is 7.45. The lowest BCUT2D eigenvalue weighted by Gasteiger charge is -2.16. The minimum absolute atomic E-state index is 0.476. The molecule has 20 heavy (non-hydrogen) atoms. The van der Waals surface area contributed by atoms with Crippen LogP contribution in [0.3, 0.4) is 0 Å². The van der Waals surface area contributed by atoms with Crippen molar-refractivity contribution in [1.82, 2.24) is 0 Å². The van der Waals surface area contributed by atoms with Gasteiger partial charge < -0.3 is 9.84 Å². The third-order valence-electron chi connectivity index (χ3n) is 3.17. The van der Waals surface area contributed by atoms with Crippen LogP contribution in [0.1, 0.15) is 22.8 Å². The molecule has 1 atom stereocenters. The molecule has 4 heteroatoms. The second-order valence-electron chi connectivity index (χ2n) is 4.70. The van der Waals surface area contributed by atoms with Gasteiger partial charge in [-0.05, 0) is 42.3 Å². The minimum Gasteiger partial charge on any atom is -0.496 e. The quantitative estimate of drug-likeness (QED) is 0.861. The Bertz CT molecular complexity index is 613. The number of aliphatic hydroxyl groups excluding tert-OH is 1. The fourth-order valence-electron chi connectivity index (χ4n) is 2.16. The Morgan fingerprint density at radius 2 is 2.00 bits per heavy atom. The lowest BCUT2D eigenvalue weighted by atomic mass is 9.99. The maximum atomic E-state index is 10.4. The summed E-state index contributed by atoms with van der Waals surface area (Å²) < 4.78 is 6.19. The van der Waals surface area contributed by atoms with E-state index in [4.69, 9.17) is 16.3 Å². The molecule has 0 heterocycles. The molecule has 2 aromatic rings. The molecule has 0 fully saturated rings. The number of benzene rings is 2. The van der Waals surface area contributed by atoms with Crippen molar-refractivity contribution in [3.63, 3.8) is 0 Å². The summed E-state index contributed by atoms with van der Waals surface area (Å²) in [4.78, 5) is 0. The summed E-state index contributed by atoms with van der Waals surface area (Å²) in [5.74, 6) is 0.785. The molecule has 0 saturated heterocycles. The van der Waals surface area contributed by atoms with Gasteiger partial charge in [0, 0.05) is 15.9 Å². The van der Waals surface area contributed by atoms with Crippen molar-refractivity contribution in [2.75, 3.05) is 7.11 Å². The second-order valence-corrected chi connectivity index (χ2v) is 5.99. The highest BCUT2D eigenvalue weighted by Crippen LogP contribution is 2.31. The molecule has 0 aliphatic rings. The number of hydrogen-bond donors (Lipinski definition) is 1. The fraction of sp³-hybridized carbons (Fsp3) is 0.250. The molecule has 2 nitrogen and oxygen atoms in total. The number of methoxy groups -OCH3 is 1. The van der Waals surface area contributed by atoms with Crippen LogP contribution < -0.4 is 4.74 Å². The average molecular weight is 356 g/mol. The number of rotatable bonds is 4. The summed E-state index contributed by atoms with van der Waals surface area (Å²) in [6.07, 6.45) is -0.164. The maximum absolute atomic E-state index is 10.4. The van der Waals surface area contributed by atoms with E-state index in [-0.39, 0.29) is 0 Å². The molecule has 0 spiro atoms. The lowest BCUT2D eigenvalue weighted by Crippen LogP contribution is -2.04. The van der Waals surface area contributed by atoms with Crippen molar-refractivity contribution < 1.29 is 9.84 Å². The fourth-order valence-corrected chi connectivity index (χ4v) is 2.85. The molecule has 0 aliphatic carbocycles. The van der Waals surface area contributed by atoms with Gasteiger partial charge in [-0.2, -0.15) is 0 Å². The van der Waals surface area contributed by atoms with Crippen LogP contribution >= 0.6 is 27.5 Å². The van der Waals surface area contributed by atoms with Crippen molar-refractivity contribution in [2.24, 2.45) is 0 Å². The predicted octanol–water partition coefficient (Wildman–Crippen LogP) is 4.70. The zero-order valence-corrected chi connectivity index (χ0v) is 13.7. The van der Waals surface area contributed by atoms with Crippen LogP contribution in [0.5, 0.6) is 5.75 Å². The van der Waals surface area contributed by atoms with E-state index < -0.39 is 6.10 Å². The van der Waals surface area contributed by atoms with Crippen LogP contribution in [0.25, 0.3) is 0 Å². The van der Waals surface area contributed by atoms with Crippen LogP contribution in [-0.2, 0) is 6.42 Å². The predicted molar refractivity (Wildman–Crippen MR) is 85.5 cm³/mol. The summed E-state index contributed by atoms with van der Waals surface area (Å²) in [5.41, 5.74) is 2.89. The van der Waals surface area contributed by atoms with Gasteiger partial charge in [0.05, 0.1) is 13.2 Å². The zero-order chi connectivity index (χ0) is 14.7. The van der Waals surface area contributed by atoms with Crippen LogP contribution in [0.2, 0.25) is 5.02 Å². The van der Waals surface area contributed by atoms with E-state index in [1.54, 1.807) is 19.2 Å². The molecule has 106 valence electrons. The summed E-state index contributed by atoms with van der Waals surface area (Å²) >= 11 is 9.44. The summed E-state index contributed by atoms with van der Waals surface area (Å²) in [5, 5.41) is 11.1. The Labute approximate surface area is 132 Å². The van der Waals surface area contributed by atoms with Crippen LogP contribution in [0.15, 0.2) is 40.9 Å². The maximum Gasteiger partial charge on any atom is 0.122 e. The summed E-state index contributed by atoms with van der Waals surface area (Å²) in [6.45, 7) is 2.02. The van der Waals surface area contributed by atoms with Gasteiger partial charge in [-0.15, -0.1) is 0 Å². The van der Waals surface area contributed by atoms with E-state index in [2.05, 4.69) is 15.9 Å². The van der Waals surface area contributed by atoms with Gasteiger partial charge in [0.2, 0.25) is 0 Å². The van der Waals surface area contributed by atoms with Crippen molar-refractivity contribution in [2.45, 2.75) is 19.4 Å². The van der Waals surface area contributed by atoms with Crippen molar-refractivity contribution >= 4 is 27.5 Å². The smallest absolute Gasteiger partial charge is 0.122 e. The van der Waals surface area contributed by atoms with Gasteiger partial charge in [-0.1, -0.05) is 45.2 Å². The van der Waals surface area contributed by atoms with E-state index in [1.165, 1.54) is 0 Å². The van der Waals surface area contributed by atoms with Crippen LogP contribution in [0.4, 0.5) is 0 Å². The van der Waals surface area contributed by atoms with Crippen molar-refractivity contribution in [1.29, 1.82) is 0 Å². The number of ether oxygens (including phenoxy) is 1. The standard InChI is InChI=1S/C16H16BrClO2/c1-10-3-6-16(20-2)11(7-10)8-15(19)13-9-12(18)4-5-14(13)17/h3-7,9,15,19H,8H2,1-2H3. The minimum atomic E-state index is -0.640. The van der Waals surface area contributed by atoms with E-state index >= 15 is 0 Å². The molecule has 2 rings (SSSR count). The molecule has 2 aromatic carbocycles. The highest BCUT2D eigenvalue weighted by Gasteiger charge is 2.15. The average Bonchev–Trinajstić information content (AvgIpc) is 2.41. The molecule has 1 unspecified atom stereocenters. The Balaban J connectivity index is 2.29. The number of hydrogen-bond acceptors (Lipinski definition) is 2. The topological polar surface area (TPSA) is 29.5 Å².